The Labute approximate surface area is 121 Å². The third-order valence-corrected chi connectivity index (χ3v) is 4.10. The number of hydrogen-bond donors (Lipinski definition) is 1. The Morgan fingerprint density at radius 1 is 1.10 bits per heavy atom. The molecule has 1 unspecified atom stereocenters. The molecule has 0 amide bonds. The number of anilines is 1. The van der Waals surface area contributed by atoms with E-state index in [2.05, 4.69) is 66.5 Å². The van der Waals surface area contributed by atoms with Crippen molar-refractivity contribution in [2.24, 2.45) is 0 Å². The standard InChI is InChI=1S/C18H24N2/c1-14(2)19-16-9-6-12-20(13-16)18-11-5-8-15-7-3-4-10-17(15)18/h3-5,7-8,10-11,14,16,19H,6,9,12-13H2,1-2H3. The lowest BCUT2D eigenvalue weighted by Gasteiger charge is -2.36. The minimum Gasteiger partial charge on any atom is -0.369 e. The number of nitrogens with one attached hydrogen (secondary N) is 1. The third kappa shape index (κ3) is 2.80. The topological polar surface area (TPSA) is 15.3 Å². The summed E-state index contributed by atoms with van der Waals surface area (Å²) in [6, 6.07) is 16.5. The summed E-state index contributed by atoms with van der Waals surface area (Å²) < 4.78 is 0. The molecule has 0 bridgehead atoms. The zero-order valence-electron chi connectivity index (χ0n) is 12.5. The summed E-state index contributed by atoms with van der Waals surface area (Å²) in [5, 5.41) is 6.40. The van der Waals surface area contributed by atoms with Crippen molar-refractivity contribution in [1.29, 1.82) is 0 Å². The molecular formula is C18H24N2. The van der Waals surface area contributed by atoms with Crippen molar-refractivity contribution in [3.05, 3.63) is 42.5 Å². The summed E-state index contributed by atoms with van der Waals surface area (Å²) in [4.78, 5) is 2.55. The van der Waals surface area contributed by atoms with Crippen LogP contribution in [0.4, 0.5) is 5.69 Å². The molecule has 1 atom stereocenters. The van der Waals surface area contributed by atoms with Gasteiger partial charge in [-0.25, -0.2) is 0 Å². The third-order valence-electron chi connectivity index (χ3n) is 4.10. The highest BCUT2D eigenvalue weighted by Gasteiger charge is 2.21. The van der Waals surface area contributed by atoms with Crippen LogP contribution in [0.1, 0.15) is 26.7 Å². The van der Waals surface area contributed by atoms with Gasteiger partial charge in [0.25, 0.3) is 0 Å². The fourth-order valence-corrected chi connectivity index (χ4v) is 3.29. The summed E-state index contributed by atoms with van der Waals surface area (Å²) in [6.07, 6.45) is 2.56. The van der Waals surface area contributed by atoms with Gasteiger partial charge in [-0.1, -0.05) is 50.2 Å². The first-order chi connectivity index (χ1) is 9.74. The van der Waals surface area contributed by atoms with Gasteiger partial charge in [-0.15, -0.1) is 0 Å². The minimum atomic E-state index is 0.562. The van der Waals surface area contributed by atoms with E-state index >= 15 is 0 Å². The first-order valence-corrected chi connectivity index (χ1v) is 7.73. The Morgan fingerprint density at radius 2 is 1.90 bits per heavy atom. The summed E-state index contributed by atoms with van der Waals surface area (Å²) in [5.41, 5.74) is 1.39. The lowest BCUT2D eigenvalue weighted by molar-refractivity contribution is 0.395. The van der Waals surface area contributed by atoms with Crippen LogP contribution < -0.4 is 10.2 Å². The fraction of sp³-hybridized carbons (Fsp3) is 0.444. The molecule has 2 heteroatoms. The Kier molecular flexibility index (Phi) is 3.93. The Bertz CT molecular complexity index is 571. The van der Waals surface area contributed by atoms with Crippen LogP contribution in [-0.4, -0.2) is 25.2 Å². The van der Waals surface area contributed by atoms with Crippen LogP contribution in [0, 0.1) is 0 Å². The van der Waals surface area contributed by atoms with Crippen molar-refractivity contribution >= 4 is 16.5 Å². The average Bonchev–Trinajstić information content (AvgIpc) is 2.46. The predicted molar refractivity (Wildman–Crippen MR) is 87.5 cm³/mol. The van der Waals surface area contributed by atoms with E-state index in [-0.39, 0.29) is 0 Å². The van der Waals surface area contributed by atoms with Crippen LogP contribution in [0.2, 0.25) is 0 Å². The van der Waals surface area contributed by atoms with E-state index in [1.165, 1.54) is 35.8 Å². The molecule has 2 aromatic carbocycles. The van der Waals surface area contributed by atoms with E-state index in [4.69, 9.17) is 0 Å². The maximum Gasteiger partial charge on any atom is 0.0446 e. The molecule has 1 fully saturated rings. The number of piperidine rings is 1. The molecule has 1 aliphatic heterocycles. The van der Waals surface area contributed by atoms with Crippen molar-refractivity contribution in [3.63, 3.8) is 0 Å². The van der Waals surface area contributed by atoms with Crippen molar-refractivity contribution in [1.82, 2.24) is 5.32 Å². The largest absolute Gasteiger partial charge is 0.369 e. The average molecular weight is 268 g/mol. The van der Waals surface area contributed by atoms with Crippen molar-refractivity contribution in [3.8, 4) is 0 Å². The van der Waals surface area contributed by atoms with Crippen LogP contribution >= 0.6 is 0 Å². The lowest BCUT2D eigenvalue weighted by atomic mass is 10.0. The molecular weight excluding hydrogens is 244 g/mol. The van der Waals surface area contributed by atoms with Gasteiger partial charge in [0.1, 0.15) is 0 Å². The molecule has 2 nitrogen and oxygen atoms in total. The zero-order valence-corrected chi connectivity index (χ0v) is 12.5. The maximum absolute atomic E-state index is 3.69. The van der Waals surface area contributed by atoms with Crippen LogP contribution in [-0.2, 0) is 0 Å². The molecule has 0 saturated carbocycles. The highest BCUT2D eigenvalue weighted by Crippen LogP contribution is 2.28. The van der Waals surface area contributed by atoms with Crippen LogP contribution in [0.25, 0.3) is 10.8 Å². The Hall–Kier alpha value is -1.54. The molecule has 1 N–H and O–H groups in total. The van der Waals surface area contributed by atoms with Crippen molar-refractivity contribution < 1.29 is 0 Å². The second-order valence-electron chi connectivity index (χ2n) is 6.10. The molecule has 0 aromatic heterocycles. The van der Waals surface area contributed by atoms with Gasteiger partial charge in [0, 0.05) is 36.2 Å². The van der Waals surface area contributed by atoms with Crippen molar-refractivity contribution in [2.45, 2.75) is 38.8 Å². The van der Waals surface area contributed by atoms with Crippen molar-refractivity contribution in [2.75, 3.05) is 18.0 Å². The highest BCUT2D eigenvalue weighted by molar-refractivity contribution is 5.94. The molecule has 1 saturated heterocycles. The molecule has 3 rings (SSSR count). The van der Waals surface area contributed by atoms with E-state index in [0.717, 1.165) is 6.54 Å². The summed E-state index contributed by atoms with van der Waals surface area (Å²) in [7, 11) is 0. The highest BCUT2D eigenvalue weighted by atomic mass is 15.2. The van der Waals surface area contributed by atoms with E-state index in [0.29, 0.717) is 12.1 Å². The van der Waals surface area contributed by atoms with Gasteiger partial charge in [-0.2, -0.15) is 0 Å². The smallest absolute Gasteiger partial charge is 0.0446 e. The van der Waals surface area contributed by atoms with Gasteiger partial charge < -0.3 is 10.2 Å². The number of fused-ring (bicyclic) bond motifs is 1. The first kappa shape index (κ1) is 13.4. The zero-order chi connectivity index (χ0) is 13.9. The Balaban J connectivity index is 1.87. The van der Waals surface area contributed by atoms with Crippen LogP contribution in [0.3, 0.4) is 0 Å². The second kappa shape index (κ2) is 5.84. The fourth-order valence-electron chi connectivity index (χ4n) is 3.29. The van der Waals surface area contributed by atoms with Gasteiger partial charge in [-0.3, -0.25) is 0 Å². The van der Waals surface area contributed by atoms with E-state index in [9.17, 15) is 0 Å². The SMILES string of the molecule is CC(C)NC1CCCN(c2cccc3ccccc23)C1. The van der Waals surface area contributed by atoms with Crippen LogP contribution in [0.5, 0.6) is 0 Å². The molecule has 0 spiro atoms. The van der Waals surface area contributed by atoms with E-state index in [1.54, 1.807) is 0 Å². The molecule has 1 heterocycles. The molecule has 2 aromatic rings. The van der Waals surface area contributed by atoms with Gasteiger partial charge in [0.05, 0.1) is 0 Å². The van der Waals surface area contributed by atoms with Gasteiger partial charge >= 0.3 is 0 Å². The van der Waals surface area contributed by atoms with E-state index in [1.807, 2.05) is 0 Å². The first-order valence-electron chi connectivity index (χ1n) is 7.73. The monoisotopic (exact) mass is 268 g/mol. The number of rotatable bonds is 3. The molecule has 1 aliphatic rings. The number of hydrogen-bond acceptors (Lipinski definition) is 2. The summed E-state index contributed by atoms with van der Waals surface area (Å²) in [6.45, 7) is 6.75. The summed E-state index contributed by atoms with van der Waals surface area (Å²) in [5.74, 6) is 0. The van der Waals surface area contributed by atoms with Gasteiger partial charge in [0.2, 0.25) is 0 Å². The molecule has 20 heavy (non-hydrogen) atoms. The second-order valence-corrected chi connectivity index (χ2v) is 6.10. The molecule has 0 aliphatic carbocycles. The lowest BCUT2D eigenvalue weighted by Crippen LogP contribution is -2.47. The quantitative estimate of drug-likeness (QED) is 0.910. The normalized spacial score (nSPS) is 19.8. The van der Waals surface area contributed by atoms with E-state index < -0.39 is 0 Å². The maximum atomic E-state index is 3.69. The Morgan fingerprint density at radius 3 is 2.75 bits per heavy atom. The molecule has 106 valence electrons. The number of benzene rings is 2. The predicted octanol–water partition coefficient (Wildman–Crippen LogP) is 3.81. The molecule has 0 radical (unpaired) electrons. The summed E-state index contributed by atoms with van der Waals surface area (Å²) >= 11 is 0. The number of nitrogens with zero attached hydrogens (tertiary/aromatic N) is 1. The minimum absolute atomic E-state index is 0.562. The van der Waals surface area contributed by atoms with Crippen LogP contribution in [0.15, 0.2) is 42.5 Å². The van der Waals surface area contributed by atoms with Gasteiger partial charge in [-0.05, 0) is 24.3 Å². The van der Waals surface area contributed by atoms with Gasteiger partial charge in [0.15, 0.2) is 0 Å².